The molecule has 1 aromatic rings. The Kier molecular flexibility index (Phi) is 2.81. The van der Waals surface area contributed by atoms with Gasteiger partial charge in [-0.15, -0.1) is 0 Å². The lowest BCUT2D eigenvalue weighted by atomic mass is 9.96. The number of hydrogen-bond acceptors (Lipinski definition) is 1. The number of allylic oxidation sites excluding steroid dienone is 2. The second-order valence-corrected chi connectivity index (χ2v) is 4.26. The molecule has 0 amide bonds. The van der Waals surface area contributed by atoms with Crippen molar-refractivity contribution < 1.29 is 4.74 Å². The zero-order valence-electron chi connectivity index (χ0n) is 9.66. The van der Waals surface area contributed by atoms with Crippen molar-refractivity contribution in [2.45, 2.75) is 39.2 Å². The highest BCUT2D eigenvalue weighted by atomic mass is 16.5. The van der Waals surface area contributed by atoms with Gasteiger partial charge in [0.05, 0.1) is 0 Å². The topological polar surface area (TPSA) is 9.23 Å². The third-order valence-electron chi connectivity index (χ3n) is 3.17. The van der Waals surface area contributed by atoms with E-state index >= 15 is 0 Å². The Balaban J connectivity index is 2.27. The van der Waals surface area contributed by atoms with Crippen LogP contribution < -0.4 is 4.74 Å². The molecule has 1 nitrogen and oxygen atoms in total. The van der Waals surface area contributed by atoms with Crippen LogP contribution in [0.1, 0.15) is 37.8 Å². The van der Waals surface area contributed by atoms with Crippen molar-refractivity contribution in [1.82, 2.24) is 0 Å². The molecule has 0 spiro atoms. The van der Waals surface area contributed by atoms with Gasteiger partial charge in [-0.3, -0.25) is 0 Å². The first-order chi connectivity index (χ1) is 7.22. The first-order valence-electron chi connectivity index (χ1n) is 5.63. The summed E-state index contributed by atoms with van der Waals surface area (Å²) in [5, 5.41) is 0. The largest absolute Gasteiger partial charge is 0.490 e. The Hall–Kier alpha value is -1.24. The third-order valence-corrected chi connectivity index (χ3v) is 3.17. The van der Waals surface area contributed by atoms with E-state index in [1.54, 1.807) is 0 Å². The fraction of sp³-hybridized carbons (Fsp3) is 0.429. The normalized spacial score (nSPS) is 24.2. The van der Waals surface area contributed by atoms with E-state index in [1.807, 2.05) is 0 Å². The minimum Gasteiger partial charge on any atom is -0.490 e. The maximum absolute atomic E-state index is 5.76. The predicted molar refractivity (Wildman–Crippen MR) is 63.5 cm³/mol. The Morgan fingerprint density at radius 1 is 1.33 bits per heavy atom. The van der Waals surface area contributed by atoms with Gasteiger partial charge in [0.15, 0.2) is 0 Å². The van der Waals surface area contributed by atoms with Crippen LogP contribution in [0.25, 0.3) is 0 Å². The van der Waals surface area contributed by atoms with E-state index in [0.29, 0.717) is 12.0 Å². The van der Waals surface area contributed by atoms with Crippen molar-refractivity contribution in [2.24, 2.45) is 0 Å². The lowest BCUT2D eigenvalue weighted by Gasteiger charge is -2.07. The van der Waals surface area contributed by atoms with Gasteiger partial charge in [0.25, 0.3) is 0 Å². The fourth-order valence-corrected chi connectivity index (χ4v) is 2.00. The van der Waals surface area contributed by atoms with Gasteiger partial charge in [-0.2, -0.15) is 0 Å². The van der Waals surface area contributed by atoms with Crippen molar-refractivity contribution >= 4 is 0 Å². The third kappa shape index (κ3) is 1.92. The number of ether oxygens (including phenoxy) is 1. The summed E-state index contributed by atoms with van der Waals surface area (Å²) < 4.78 is 5.76. The van der Waals surface area contributed by atoms with Crippen LogP contribution in [0.2, 0.25) is 0 Å². The second-order valence-electron chi connectivity index (χ2n) is 4.26. The zero-order chi connectivity index (χ0) is 10.8. The summed E-state index contributed by atoms with van der Waals surface area (Å²) in [6.45, 7) is 6.42. The summed E-state index contributed by atoms with van der Waals surface area (Å²) in [5.74, 6) is 1.59. The monoisotopic (exact) mass is 202 g/mol. The van der Waals surface area contributed by atoms with Crippen LogP contribution in [0, 0.1) is 0 Å². The van der Waals surface area contributed by atoms with Crippen molar-refractivity contribution in [1.29, 1.82) is 0 Å². The molecule has 2 atom stereocenters. The van der Waals surface area contributed by atoms with E-state index in [2.05, 4.69) is 51.1 Å². The van der Waals surface area contributed by atoms with Crippen molar-refractivity contribution in [3.63, 3.8) is 0 Å². The van der Waals surface area contributed by atoms with Crippen LogP contribution in [0.5, 0.6) is 5.75 Å². The molecule has 0 saturated heterocycles. The van der Waals surface area contributed by atoms with Crippen LogP contribution in [0.4, 0.5) is 0 Å². The predicted octanol–water partition coefficient (Wildman–Crippen LogP) is 3.69. The van der Waals surface area contributed by atoms with Crippen molar-refractivity contribution in [3.05, 3.63) is 41.5 Å². The van der Waals surface area contributed by atoms with Gasteiger partial charge < -0.3 is 4.74 Å². The van der Waals surface area contributed by atoms with E-state index in [0.717, 1.165) is 12.2 Å². The summed E-state index contributed by atoms with van der Waals surface area (Å²) in [4.78, 5) is 0. The lowest BCUT2D eigenvalue weighted by molar-refractivity contribution is 0.232. The number of benzene rings is 1. The molecule has 0 radical (unpaired) electrons. The summed E-state index contributed by atoms with van der Waals surface area (Å²) >= 11 is 0. The molecular weight excluding hydrogens is 184 g/mol. The zero-order valence-corrected chi connectivity index (χ0v) is 9.66. The van der Waals surface area contributed by atoms with E-state index in [1.165, 1.54) is 11.1 Å². The molecule has 0 saturated carbocycles. The average molecular weight is 202 g/mol. The van der Waals surface area contributed by atoms with Crippen LogP contribution in [-0.4, -0.2) is 6.10 Å². The molecule has 0 aliphatic carbocycles. The molecule has 1 heterocycles. The molecule has 0 unspecified atom stereocenters. The Morgan fingerprint density at radius 3 is 2.87 bits per heavy atom. The van der Waals surface area contributed by atoms with E-state index in [-0.39, 0.29) is 0 Å². The van der Waals surface area contributed by atoms with E-state index in [9.17, 15) is 0 Å². The molecule has 0 fully saturated rings. The van der Waals surface area contributed by atoms with Gasteiger partial charge in [0, 0.05) is 11.5 Å². The summed E-state index contributed by atoms with van der Waals surface area (Å²) in [6, 6.07) is 6.54. The Morgan fingerprint density at radius 2 is 2.13 bits per heavy atom. The first-order valence-corrected chi connectivity index (χ1v) is 5.63. The standard InChI is InChI=1S/C14H18O/c1-4-5-6-12-7-8-14-13(9-12)10(2)11(3)15-14/h4-5,7-11H,6H2,1-3H3/b5-4+/t10-,11-/m0/s1. The second kappa shape index (κ2) is 4.09. The molecule has 15 heavy (non-hydrogen) atoms. The van der Waals surface area contributed by atoms with E-state index in [4.69, 9.17) is 4.74 Å². The molecule has 0 bridgehead atoms. The quantitative estimate of drug-likeness (QED) is 0.665. The molecular formula is C14H18O. The van der Waals surface area contributed by atoms with Gasteiger partial charge >= 0.3 is 0 Å². The number of fused-ring (bicyclic) bond motifs is 1. The van der Waals surface area contributed by atoms with Gasteiger partial charge in [0.1, 0.15) is 11.9 Å². The highest BCUT2D eigenvalue weighted by Gasteiger charge is 2.27. The summed E-state index contributed by atoms with van der Waals surface area (Å²) in [6.07, 6.45) is 5.61. The maximum atomic E-state index is 5.76. The first kappa shape index (κ1) is 10.3. The Bertz CT molecular complexity index is 379. The van der Waals surface area contributed by atoms with Crippen LogP contribution in [0.15, 0.2) is 30.4 Å². The van der Waals surface area contributed by atoms with Crippen LogP contribution in [0.3, 0.4) is 0 Å². The molecule has 1 heteroatoms. The molecule has 1 aliphatic rings. The molecule has 1 aliphatic heterocycles. The molecule has 80 valence electrons. The summed E-state index contributed by atoms with van der Waals surface area (Å²) in [7, 11) is 0. The van der Waals surface area contributed by atoms with Gasteiger partial charge in [0.2, 0.25) is 0 Å². The minimum atomic E-state index is 0.317. The molecule has 0 N–H and O–H groups in total. The molecule has 2 rings (SSSR count). The Labute approximate surface area is 91.8 Å². The maximum Gasteiger partial charge on any atom is 0.123 e. The van der Waals surface area contributed by atoms with Gasteiger partial charge in [-0.05, 0) is 31.9 Å². The van der Waals surface area contributed by atoms with Gasteiger partial charge in [-0.1, -0.05) is 31.2 Å². The minimum absolute atomic E-state index is 0.317. The lowest BCUT2D eigenvalue weighted by Crippen LogP contribution is -2.10. The highest BCUT2D eigenvalue weighted by molar-refractivity contribution is 5.43. The van der Waals surface area contributed by atoms with Gasteiger partial charge in [-0.25, -0.2) is 0 Å². The summed E-state index contributed by atoms with van der Waals surface area (Å²) in [5.41, 5.74) is 2.74. The van der Waals surface area contributed by atoms with E-state index < -0.39 is 0 Å². The average Bonchev–Trinajstić information content (AvgIpc) is 2.52. The van der Waals surface area contributed by atoms with Crippen molar-refractivity contribution in [2.75, 3.05) is 0 Å². The van der Waals surface area contributed by atoms with Crippen molar-refractivity contribution in [3.8, 4) is 5.75 Å². The SMILES string of the molecule is C/C=C/Cc1ccc2c(c1)[C@@H](C)[C@H](C)O2. The fourth-order valence-electron chi connectivity index (χ4n) is 2.00. The number of rotatable bonds is 2. The van der Waals surface area contributed by atoms with Crippen LogP contribution >= 0.6 is 0 Å². The molecule has 0 aromatic heterocycles. The number of hydrogen-bond donors (Lipinski definition) is 0. The van der Waals surface area contributed by atoms with Crippen LogP contribution in [-0.2, 0) is 6.42 Å². The highest BCUT2D eigenvalue weighted by Crippen LogP contribution is 2.38. The molecule has 1 aromatic carbocycles. The smallest absolute Gasteiger partial charge is 0.123 e.